The summed E-state index contributed by atoms with van der Waals surface area (Å²) in [6.07, 6.45) is 0. The van der Waals surface area contributed by atoms with Gasteiger partial charge in [-0.15, -0.1) is 11.3 Å². The van der Waals surface area contributed by atoms with Crippen molar-refractivity contribution in [2.45, 2.75) is 13.5 Å². The van der Waals surface area contributed by atoms with E-state index < -0.39 is 0 Å². The van der Waals surface area contributed by atoms with Gasteiger partial charge in [-0.3, -0.25) is 0 Å². The average Bonchev–Trinajstić information content (AvgIpc) is 2.60. The molecule has 0 fully saturated rings. The molecule has 1 aromatic carbocycles. The molecule has 0 saturated carbocycles. The summed E-state index contributed by atoms with van der Waals surface area (Å²) >= 11 is 8.68. The topological polar surface area (TPSA) is 12.0 Å². The van der Waals surface area contributed by atoms with Crippen molar-refractivity contribution >= 4 is 48.9 Å². The Kier molecular flexibility index (Phi) is 4.05. The van der Waals surface area contributed by atoms with Crippen molar-refractivity contribution in [3.05, 3.63) is 49.0 Å². The van der Waals surface area contributed by atoms with E-state index >= 15 is 0 Å². The number of thiophene rings is 1. The Morgan fingerprint density at radius 2 is 2.00 bits per heavy atom. The zero-order chi connectivity index (χ0) is 11.5. The highest BCUT2D eigenvalue weighted by Crippen LogP contribution is 2.23. The fourth-order valence-corrected chi connectivity index (χ4v) is 3.30. The maximum atomic E-state index is 3.50. The van der Waals surface area contributed by atoms with Gasteiger partial charge in [0.2, 0.25) is 0 Å². The molecular weight excluding hydrogens is 350 g/mol. The smallest absolute Gasteiger partial charge is 0.0701 e. The molecule has 2 rings (SSSR count). The second-order valence-corrected chi connectivity index (χ2v) is 6.84. The van der Waals surface area contributed by atoms with E-state index in [1.807, 2.05) is 0 Å². The van der Waals surface area contributed by atoms with Crippen molar-refractivity contribution in [2.75, 3.05) is 5.32 Å². The van der Waals surface area contributed by atoms with Gasteiger partial charge in [0.05, 0.1) is 3.79 Å². The summed E-state index contributed by atoms with van der Waals surface area (Å²) in [4.78, 5) is 0. The van der Waals surface area contributed by atoms with Gasteiger partial charge in [-0.2, -0.15) is 0 Å². The van der Waals surface area contributed by atoms with Gasteiger partial charge in [-0.1, -0.05) is 15.9 Å². The molecule has 0 unspecified atom stereocenters. The van der Waals surface area contributed by atoms with Crippen molar-refractivity contribution in [3.8, 4) is 0 Å². The van der Waals surface area contributed by atoms with Crippen LogP contribution in [0.3, 0.4) is 0 Å². The van der Waals surface area contributed by atoms with Gasteiger partial charge < -0.3 is 5.32 Å². The van der Waals surface area contributed by atoms with Crippen molar-refractivity contribution in [3.63, 3.8) is 0 Å². The highest BCUT2D eigenvalue weighted by Gasteiger charge is 1.99. The maximum Gasteiger partial charge on any atom is 0.0701 e. The van der Waals surface area contributed by atoms with E-state index in [-0.39, 0.29) is 0 Å². The number of nitrogens with one attached hydrogen (secondary N) is 1. The molecule has 1 N–H and O–H groups in total. The summed E-state index contributed by atoms with van der Waals surface area (Å²) in [5.74, 6) is 0. The van der Waals surface area contributed by atoms with Crippen LogP contribution >= 0.6 is 43.2 Å². The van der Waals surface area contributed by atoms with Crippen LogP contribution in [0, 0.1) is 6.92 Å². The van der Waals surface area contributed by atoms with Crippen LogP contribution in [0.4, 0.5) is 5.69 Å². The first kappa shape index (κ1) is 12.1. The van der Waals surface area contributed by atoms with E-state index in [4.69, 9.17) is 0 Å². The zero-order valence-electron chi connectivity index (χ0n) is 8.76. The van der Waals surface area contributed by atoms with Crippen molar-refractivity contribution in [1.82, 2.24) is 0 Å². The standard InChI is InChI=1S/C12H11Br2NS/c1-8-2-10(13)5-11(3-8)15-6-9-4-12(14)16-7-9/h2-5,7,15H,6H2,1H3. The number of aryl methyl sites for hydroxylation is 1. The lowest BCUT2D eigenvalue weighted by atomic mass is 10.2. The van der Waals surface area contributed by atoms with E-state index in [0.717, 1.165) is 16.7 Å². The Bertz CT molecular complexity index is 473. The average molecular weight is 361 g/mol. The number of anilines is 1. The molecule has 16 heavy (non-hydrogen) atoms. The van der Waals surface area contributed by atoms with Gasteiger partial charge in [-0.25, -0.2) is 0 Å². The Balaban J connectivity index is 2.04. The maximum absolute atomic E-state index is 3.50. The molecule has 0 atom stereocenters. The van der Waals surface area contributed by atoms with Gasteiger partial charge in [0.15, 0.2) is 0 Å². The first-order chi connectivity index (χ1) is 7.63. The third-order valence-corrected chi connectivity index (χ3v) is 4.17. The Hall–Kier alpha value is -0.320. The van der Waals surface area contributed by atoms with E-state index in [0.29, 0.717) is 0 Å². The van der Waals surface area contributed by atoms with Crippen molar-refractivity contribution in [1.29, 1.82) is 0 Å². The normalized spacial score (nSPS) is 10.4. The Morgan fingerprint density at radius 1 is 1.19 bits per heavy atom. The molecule has 1 aromatic heterocycles. The van der Waals surface area contributed by atoms with Crippen LogP contribution in [0.2, 0.25) is 0 Å². The quantitative estimate of drug-likeness (QED) is 0.793. The minimum Gasteiger partial charge on any atom is -0.381 e. The largest absolute Gasteiger partial charge is 0.381 e. The van der Waals surface area contributed by atoms with E-state index in [9.17, 15) is 0 Å². The summed E-state index contributed by atoms with van der Waals surface area (Å²) < 4.78 is 2.29. The molecule has 0 radical (unpaired) electrons. The molecule has 0 spiro atoms. The summed E-state index contributed by atoms with van der Waals surface area (Å²) in [5, 5.41) is 5.57. The molecule has 0 saturated heterocycles. The fourth-order valence-electron chi connectivity index (χ4n) is 1.48. The number of benzene rings is 1. The Morgan fingerprint density at radius 3 is 2.62 bits per heavy atom. The number of hydrogen-bond donors (Lipinski definition) is 1. The predicted molar refractivity (Wildman–Crippen MR) is 78.2 cm³/mol. The lowest BCUT2D eigenvalue weighted by Crippen LogP contribution is -1.98. The lowest BCUT2D eigenvalue weighted by molar-refractivity contribution is 1.16. The summed E-state index contributed by atoms with van der Waals surface area (Å²) in [6.45, 7) is 2.95. The molecule has 1 heterocycles. The van der Waals surface area contributed by atoms with Crippen LogP contribution in [0.5, 0.6) is 0 Å². The van der Waals surface area contributed by atoms with Gasteiger partial charge in [0, 0.05) is 16.7 Å². The second-order valence-electron chi connectivity index (χ2n) is 3.63. The second kappa shape index (κ2) is 5.34. The lowest BCUT2D eigenvalue weighted by Gasteiger charge is -2.06. The number of hydrogen-bond acceptors (Lipinski definition) is 2. The van der Waals surface area contributed by atoms with Gasteiger partial charge in [0.25, 0.3) is 0 Å². The van der Waals surface area contributed by atoms with Crippen molar-refractivity contribution < 1.29 is 0 Å². The minimum atomic E-state index is 0.859. The van der Waals surface area contributed by atoms with Gasteiger partial charge >= 0.3 is 0 Å². The molecule has 1 nitrogen and oxygen atoms in total. The van der Waals surface area contributed by atoms with Gasteiger partial charge in [0.1, 0.15) is 0 Å². The highest BCUT2D eigenvalue weighted by atomic mass is 79.9. The van der Waals surface area contributed by atoms with Crippen LogP contribution in [0.1, 0.15) is 11.1 Å². The first-order valence-electron chi connectivity index (χ1n) is 4.87. The van der Waals surface area contributed by atoms with Crippen LogP contribution < -0.4 is 5.32 Å². The SMILES string of the molecule is Cc1cc(Br)cc(NCc2csc(Br)c2)c1. The molecule has 84 valence electrons. The minimum absolute atomic E-state index is 0.859. The van der Waals surface area contributed by atoms with Crippen LogP contribution in [0.15, 0.2) is 37.9 Å². The highest BCUT2D eigenvalue weighted by molar-refractivity contribution is 9.11. The molecule has 0 aliphatic rings. The number of rotatable bonds is 3. The fraction of sp³-hybridized carbons (Fsp3) is 0.167. The molecule has 2 aromatic rings. The molecule has 0 aliphatic heterocycles. The van der Waals surface area contributed by atoms with Crippen LogP contribution in [0.25, 0.3) is 0 Å². The summed E-state index contributed by atoms with van der Waals surface area (Å²) in [6, 6.07) is 8.48. The van der Waals surface area contributed by atoms with E-state index in [1.54, 1.807) is 11.3 Å². The van der Waals surface area contributed by atoms with E-state index in [1.165, 1.54) is 14.9 Å². The number of halogens is 2. The monoisotopic (exact) mass is 359 g/mol. The molecular formula is C12H11Br2NS. The molecule has 0 bridgehead atoms. The summed E-state index contributed by atoms with van der Waals surface area (Å²) in [7, 11) is 0. The van der Waals surface area contributed by atoms with E-state index in [2.05, 4.69) is 73.7 Å². The first-order valence-corrected chi connectivity index (χ1v) is 7.34. The third kappa shape index (κ3) is 3.34. The zero-order valence-corrected chi connectivity index (χ0v) is 12.7. The van der Waals surface area contributed by atoms with Crippen LogP contribution in [-0.4, -0.2) is 0 Å². The third-order valence-electron chi connectivity index (χ3n) is 2.16. The van der Waals surface area contributed by atoms with Crippen molar-refractivity contribution in [2.24, 2.45) is 0 Å². The summed E-state index contributed by atoms with van der Waals surface area (Å²) in [5.41, 5.74) is 3.70. The molecule has 4 heteroatoms. The van der Waals surface area contributed by atoms with Crippen LogP contribution in [-0.2, 0) is 6.54 Å². The predicted octanol–water partition coefficient (Wildman–Crippen LogP) is 5.19. The Labute approximate surface area is 116 Å². The molecule has 0 aliphatic carbocycles. The van der Waals surface area contributed by atoms with Gasteiger partial charge in [-0.05, 0) is 63.6 Å². The molecule has 0 amide bonds.